The van der Waals surface area contributed by atoms with Gasteiger partial charge in [0.25, 0.3) is 0 Å². The van der Waals surface area contributed by atoms with E-state index >= 15 is 0 Å². The van der Waals surface area contributed by atoms with E-state index in [4.69, 9.17) is 14.7 Å². The summed E-state index contributed by atoms with van der Waals surface area (Å²) in [5, 5.41) is 15.7. The van der Waals surface area contributed by atoms with E-state index in [-0.39, 0.29) is 13.1 Å². The van der Waals surface area contributed by atoms with Gasteiger partial charge in [-0.25, -0.2) is 18.4 Å². The average Bonchev–Trinajstić information content (AvgIpc) is 3.19. The maximum absolute atomic E-state index is 12.1. The summed E-state index contributed by atoms with van der Waals surface area (Å²) in [5.41, 5.74) is 3.18. The van der Waals surface area contributed by atoms with Gasteiger partial charge in [0, 0.05) is 36.4 Å². The Morgan fingerprint density at radius 1 is 1.16 bits per heavy atom. The first-order chi connectivity index (χ1) is 14.8. The monoisotopic (exact) mass is 448 g/mol. The number of nitrogens with zero attached hydrogens (tertiary/aromatic N) is 4. The number of rotatable bonds is 7. The second-order valence-corrected chi connectivity index (χ2v) is 9.59. The molecule has 0 radical (unpaired) electrons. The van der Waals surface area contributed by atoms with Crippen molar-refractivity contribution in [1.29, 1.82) is 0 Å². The molecule has 2 aliphatic rings. The summed E-state index contributed by atoms with van der Waals surface area (Å²) in [4.78, 5) is 11.7. The number of hydrogen-bond acceptors (Lipinski definition) is 9. The van der Waals surface area contributed by atoms with Crippen molar-refractivity contribution in [2.24, 2.45) is 0 Å². The maximum Gasteiger partial charge on any atom is 0.211 e. The molecule has 2 aliphatic heterocycles. The van der Waals surface area contributed by atoms with Crippen molar-refractivity contribution in [1.82, 2.24) is 19.6 Å². The van der Waals surface area contributed by atoms with Gasteiger partial charge in [-0.05, 0) is 30.8 Å². The Morgan fingerprint density at radius 3 is 2.52 bits per heavy atom. The smallest absolute Gasteiger partial charge is 0.211 e. The minimum Gasteiger partial charge on any atom is -0.378 e. The fourth-order valence-corrected chi connectivity index (χ4v) is 4.45. The van der Waals surface area contributed by atoms with E-state index in [1.165, 1.54) is 10.6 Å². The zero-order chi connectivity index (χ0) is 22.0. The molecular weight excluding hydrogens is 420 g/mol. The molecule has 3 N–H and O–H groups in total. The maximum atomic E-state index is 12.1. The molecule has 0 aliphatic carbocycles. The summed E-state index contributed by atoms with van der Waals surface area (Å²) in [5.74, 6) is 1.33. The number of morpholine rings is 1. The number of fused-ring (bicyclic) bond motifs is 1. The molecule has 11 heteroatoms. The van der Waals surface area contributed by atoms with Crippen LogP contribution in [0, 0.1) is 0 Å². The van der Waals surface area contributed by atoms with E-state index in [0.717, 1.165) is 28.3 Å². The third kappa shape index (κ3) is 4.96. The van der Waals surface area contributed by atoms with Gasteiger partial charge in [0.15, 0.2) is 12.2 Å². The first kappa shape index (κ1) is 21.9. The highest BCUT2D eigenvalue weighted by atomic mass is 32.2. The third-order valence-corrected chi connectivity index (χ3v) is 6.55. The van der Waals surface area contributed by atoms with Crippen LogP contribution < -0.4 is 15.5 Å². The van der Waals surface area contributed by atoms with Crippen molar-refractivity contribution in [2.75, 3.05) is 49.3 Å². The Labute approximate surface area is 182 Å². The number of benzene rings is 1. The van der Waals surface area contributed by atoms with Crippen molar-refractivity contribution in [2.45, 2.75) is 26.4 Å². The lowest BCUT2D eigenvalue weighted by atomic mass is 10.1. The van der Waals surface area contributed by atoms with Gasteiger partial charge in [-0.1, -0.05) is 6.92 Å². The van der Waals surface area contributed by atoms with Gasteiger partial charge in [-0.3, -0.25) is 5.32 Å². The first-order valence-corrected chi connectivity index (χ1v) is 12.2. The molecule has 10 nitrogen and oxygen atoms in total. The number of anilines is 2. The number of aliphatic hydroxyl groups is 1. The molecule has 3 heterocycles. The Morgan fingerprint density at radius 2 is 1.87 bits per heavy atom. The van der Waals surface area contributed by atoms with E-state index < -0.39 is 16.4 Å². The van der Waals surface area contributed by atoms with Crippen molar-refractivity contribution in [3.05, 3.63) is 35.5 Å². The lowest BCUT2D eigenvalue weighted by Crippen LogP contribution is -2.37. The molecule has 31 heavy (non-hydrogen) atoms. The van der Waals surface area contributed by atoms with Gasteiger partial charge in [-0.2, -0.15) is 4.31 Å². The van der Waals surface area contributed by atoms with Crippen LogP contribution in [0.15, 0.2) is 24.3 Å². The number of nitrogens with one attached hydrogen (secondary N) is 2. The SMILES string of the molecule is CCNC(O)Nc1ccc(-c2nc3c(c(N4CCOCC4)n2)CN(S(C)(=O)=O)C3)cc1. The lowest BCUT2D eigenvalue weighted by Gasteiger charge is -2.29. The van der Waals surface area contributed by atoms with Crippen LogP contribution in [-0.2, 0) is 27.8 Å². The van der Waals surface area contributed by atoms with Crippen molar-refractivity contribution in [3.8, 4) is 11.4 Å². The fraction of sp³-hybridized carbons (Fsp3) is 0.500. The Balaban J connectivity index is 1.66. The summed E-state index contributed by atoms with van der Waals surface area (Å²) < 4.78 is 31.2. The second kappa shape index (κ2) is 9.05. The molecule has 1 saturated heterocycles. The van der Waals surface area contributed by atoms with Gasteiger partial charge >= 0.3 is 0 Å². The summed E-state index contributed by atoms with van der Waals surface area (Å²) in [7, 11) is -3.33. The third-order valence-electron chi connectivity index (χ3n) is 5.36. The molecule has 1 unspecified atom stereocenters. The van der Waals surface area contributed by atoms with Crippen LogP contribution in [0.3, 0.4) is 0 Å². The topological polar surface area (TPSA) is 120 Å². The van der Waals surface area contributed by atoms with Crippen LogP contribution >= 0.6 is 0 Å². The summed E-state index contributed by atoms with van der Waals surface area (Å²) >= 11 is 0. The van der Waals surface area contributed by atoms with Crippen LogP contribution in [0.4, 0.5) is 11.5 Å². The van der Waals surface area contributed by atoms with E-state index in [1.54, 1.807) is 0 Å². The molecule has 0 amide bonds. The van der Waals surface area contributed by atoms with E-state index in [1.807, 2.05) is 31.2 Å². The molecule has 1 fully saturated rings. The summed E-state index contributed by atoms with van der Waals surface area (Å²) in [6, 6.07) is 7.47. The minimum absolute atomic E-state index is 0.246. The number of hydrogen-bond donors (Lipinski definition) is 3. The van der Waals surface area contributed by atoms with Gasteiger partial charge in [-0.15, -0.1) is 0 Å². The van der Waals surface area contributed by atoms with Crippen LogP contribution in [0.25, 0.3) is 11.4 Å². The highest BCUT2D eigenvalue weighted by Gasteiger charge is 2.32. The quantitative estimate of drug-likeness (QED) is 0.522. The molecule has 4 rings (SSSR count). The summed E-state index contributed by atoms with van der Waals surface area (Å²) in [6.07, 6.45) is 0.386. The zero-order valence-corrected chi connectivity index (χ0v) is 18.5. The van der Waals surface area contributed by atoms with Gasteiger partial charge in [0.2, 0.25) is 10.0 Å². The Hall–Kier alpha value is -2.31. The molecule has 1 aromatic heterocycles. The number of ether oxygens (including phenoxy) is 1. The van der Waals surface area contributed by atoms with Crippen molar-refractivity contribution < 1.29 is 18.3 Å². The van der Waals surface area contributed by atoms with Crippen LogP contribution in [-0.4, -0.2) is 73.3 Å². The van der Waals surface area contributed by atoms with Gasteiger partial charge in [0.05, 0.1) is 31.7 Å². The average molecular weight is 449 g/mol. The predicted octanol–water partition coefficient (Wildman–Crippen LogP) is 0.553. The van der Waals surface area contributed by atoms with Crippen LogP contribution in [0.1, 0.15) is 18.2 Å². The molecule has 0 spiro atoms. The minimum atomic E-state index is -3.33. The molecule has 0 bridgehead atoms. The van der Waals surface area contributed by atoms with Gasteiger partial charge in [0.1, 0.15) is 5.82 Å². The first-order valence-electron chi connectivity index (χ1n) is 10.3. The standard InChI is InChI=1S/C20H28N6O4S/c1-3-21-20(27)22-15-6-4-14(5-7-15)18-23-17-13-26(31(2,28)29)12-16(17)19(24-18)25-8-10-30-11-9-25/h4-7,20-22,27H,3,8-13H2,1-2H3. The van der Waals surface area contributed by atoms with E-state index in [0.29, 0.717) is 38.7 Å². The van der Waals surface area contributed by atoms with Crippen LogP contribution in [0.5, 0.6) is 0 Å². The number of aliphatic hydroxyl groups excluding tert-OH is 1. The lowest BCUT2D eigenvalue weighted by molar-refractivity contribution is 0.122. The predicted molar refractivity (Wildman–Crippen MR) is 118 cm³/mol. The highest BCUT2D eigenvalue weighted by Crippen LogP contribution is 2.33. The summed E-state index contributed by atoms with van der Waals surface area (Å²) in [6.45, 7) is 5.71. The van der Waals surface area contributed by atoms with E-state index in [2.05, 4.69) is 15.5 Å². The van der Waals surface area contributed by atoms with Crippen molar-refractivity contribution >= 4 is 21.5 Å². The second-order valence-electron chi connectivity index (χ2n) is 7.61. The molecule has 1 atom stereocenters. The Kier molecular flexibility index (Phi) is 6.39. The molecular formula is C20H28N6O4S. The molecule has 168 valence electrons. The molecule has 2 aromatic rings. The Bertz CT molecular complexity index is 1020. The molecule has 1 aromatic carbocycles. The van der Waals surface area contributed by atoms with Crippen LogP contribution in [0.2, 0.25) is 0 Å². The largest absolute Gasteiger partial charge is 0.378 e. The fourth-order valence-electron chi connectivity index (χ4n) is 3.73. The number of sulfonamides is 1. The normalized spacial score (nSPS) is 18.1. The molecule has 0 saturated carbocycles. The highest BCUT2D eigenvalue weighted by molar-refractivity contribution is 7.88. The number of aromatic nitrogens is 2. The van der Waals surface area contributed by atoms with E-state index in [9.17, 15) is 13.5 Å². The zero-order valence-electron chi connectivity index (χ0n) is 17.7. The van der Waals surface area contributed by atoms with Crippen molar-refractivity contribution in [3.63, 3.8) is 0 Å². The van der Waals surface area contributed by atoms with Gasteiger partial charge < -0.3 is 20.1 Å².